The second kappa shape index (κ2) is 4.49. The summed E-state index contributed by atoms with van der Waals surface area (Å²) >= 11 is 0. The first-order valence-corrected chi connectivity index (χ1v) is 5.38. The molecule has 1 heterocycles. The van der Waals surface area contributed by atoms with Gasteiger partial charge in [-0.05, 0) is 12.5 Å². The molecule has 1 aromatic carbocycles. The number of esters is 1. The number of carbonyl (C=O) groups is 3. The van der Waals surface area contributed by atoms with Crippen molar-refractivity contribution in [3.63, 3.8) is 0 Å². The molecule has 1 aromatic rings. The normalized spacial score (nSPS) is 19.9. The van der Waals surface area contributed by atoms with Gasteiger partial charge in [-0.1, -0.05) is 24.3 Å². The first-order chi connectivity index (χ1) is 8.06. The molecular formula is C13H12O4. The van der Waals surface area contributed by atoms with Crippen LogP contribution >= 0.6 is 0 Å². The Morgan fingerprint density at radius 1 is 1.24 bits per heavy atom. The minimum absolute atomic E-state index is 0.0201. The fourth-order valence-electron chi connectivity index (χ4n) is 1.80. The summed E-state index contributed by atoms with van der Waals surface area (Å²) in [5.74, 6) is -0.614. The Bertz CT molecular complexity index is 457. The topological polar surface area (TPSA) is 60.4 Å². The van der Waals surface area contributed by atoms with Crippen molar-refractivity contribution >= 4 is 17.5 Å². The molecule has 0 saturated carbocycles. The largest absolute Gasteiger partial charge is 0.457 e. The van der Waals surface area contributed by atoms with Gasteiger partial charge in [0.25, 0.3) is 0 Å². The fourth-order valence-corrected chi connectivity index (χ4v) is 1.80. The van der Waals surface area contributed by atoms with E-state index in [4.69, 9.17) is 4.74 Å². The van der Waals surface area contributed by atoms with Crippen LogP contribution in [0.25, 0.3) is 0 Å². The van der Waals surface area contributed by atoms with Crippen LogP contribution in [0.3, 0.4) is 0 Å². The number of hydrogen-bond acceptors (Lipinski definition) is 4. The molecule has 1 aliphatic heterocycles. The van der Waals surface area contributed by atoms with Gasteiger partial charge in [-0.25, -0.2) is 0 Å². The molecule has 1 aliphatic rings. The van der Waals surface area contributed by atoms with Gasteiger partial charge in [0.05, 0.1) is 0 Å². The van der Waals surface area contributed by atoms with Gasteiger partial charge in [0, 0.05) is 12.0 Å². The van der Waals surface area contributed by atoms with Crippen molar-refractivity contribution in [2.45, 2.75) is 25.9 Å². The molecule has 0 spiro atoms. The highest BCUT2D eigenvalue weighted by Crippen LogP contribution is 2.26. The van der Waals surface area contributed by atoms with Crippen molar-refractivity contribution < 1.29 is 19.1 Å². The zero-order valence-electron chi connectivity index (χ0n) is 9.43. The minimum atomic E-state index is -0.509. The van der Waals surface area contributed by atoms with Crippen LogP contribution in [-0.4, -0.2) is 17.5 Å². The average Bonchev–Trinajstić information content (AvgIpc) is 2.28. The molecule has 4 heteroatoms. The van der Waals surface area contributed by atoms with Crippen molar-refractivity contribution in [1.82, 2.24) is 0 Å². The second-order valence-electron chi connectivity index (χ2n) is 4.08. The lowest BCUT2D eigenvalue weighted by Gasteiger charge is -2.21. The summed E-state index contributed by atoms with van der Waals surface area (Å²) in [5.41, 5.74) is 1.35. The van der Waals surface area contributed by atoms with Crippen LogP contribution in [0, 0.1) is 0 Å². The van der Waals surface area contributed by atoms with Gasteiger partial charge in [0.2, 0.25) is 0 Å². The lowest BCUT2D eigenvalue weighted by Crippen LogP contribution is -2.24. The smallest absolute Gasteiger partial charge is 0.313 e. The molecule has 0 bridgehead atoms. The van der Waals surface area contributed by atoms with Gasteiger partial charge in [-0.2, -0.15) is 0 Å². The van der Waals surface area contributed by atoms with E-state index in [9.17, 15) is 14.4 Å². The summed E-state index contributed by atoms with van der Waals surface area (Å²) in [6.45, 7) is 1.49. The van der Waals surface area contributed by atoms with Crippen molar-refractivity contribution in [2.75, 3.05) is 0 Å². The maximum Gasteiger partial charge on any atom is 0.313 e. The number of cyclic esters (lactones) is 1. The average molecular weight is 232 g/mol. The molecular weight excluding hydrogens is 220 g/mol. The van der Waals surface area contributed by atoms with E-state index in [0.717, 1.165) is 5.56 Å². The lowest BCUT2D eigenvalue weighted by atomic mass is 9.98. The second-order valence-corrected chi connectivity index (χ2v) is 4.08. The van der Waals surface area contributed by atoms with Crippen LogP contribution in [-0.2, 0) is 14.3 Å². The molecule has 1 atom stereocenters. The van der Waals surface area contributed by atoms with E-state index < -0.39 is 12.1 Å². The van der Waals surface area contributed by atoms with E-state index in [2.05, 4.69) is 0 Å². The number of ketones is 2. The summed E-state index contributed by atoms with van der Waals surface area (Å²) in [6.07, 6.45) is -0.433. The Morgan fingerprint density at radius 3 is 2.41 bits per heavy atom. The van der Waals surface area contributed by atoms with E-state index in [1.54, 1.807) is 24.3 Å². The monoisotopic (exact) mass is 232 g/mol. The Kier molecular flexibility index (Phi) is 3.04. The molecule has 1 fully saturated rings. The molecule has 1 unspecified atom stereocenters. The predicted molar refractivity (Wildman–Crippen MR) is 59.5 cm³/mol. The number of Topliss-reactive ketones (excluding diaryl/α,β-unsaturated/α-hetero) is 2. The van der Waals surface area contributed by atoms with Crippen molar-refractivity contribution in [1.29, 1.82) is 0 Å². The quantitative estimate of drug-likeness (QED) is 0.443. The third-order valence-corrected chi connectivity index (χ3v) is 2.72. The highest BCUT2D eigenvalue weighted by atomic mass is 16.5. The Balaban J connectivity index is 2.19. The molecule has 0 N–H and O–H groups in total. The van der Waals surface area contributed by atoms with Crippen LogP contribution in [0.5, 0.6) is 0 Å². The minimum Gasteiger partial charge on any atom is -0.457 e. The standard InChI is InChI=1S/C13H12O4/c1-8(14)9-2-4-10(5-3-9)12-6-11(15)7-13(16)17-12/h2-5,12H,6-7H2,1H3. The molecule has 1 saturated heterocycles. The van der Waals surface area contributed by atoms with Crippen LogP contribution < -0.4 is 0 Å². The molecule has 0 aromatic heterocycles. The summed E-state index contributed by atoms with van der Waals surface area (Å²) in [6, 6.07) is 6.77. The summed E-state index contributed by atoms with van der Waals surface area (Å²) in [4.78, 5) is 33.5. The van der Waals surface area contributed by atoms with Gasteiger partial charge >= 0.3 is 5.97 Å². The van der Waals surface area contributed by atoms with Gasteiger partial charge < -0.3 is 4.74 Å². The first-order valence-electron chi connectivity index (χ1n) is 5.38. The molecule has 88 valence electrons. The highest BCUT2D eigenvalue weighted by molar-refractivity contribution is 5.98. The lowest BCUT2D eigenvalue weighted by molar-refractivity contribution is -0.158. The Labute approximate surface area is 98.6 Å². The van der Waals surface area contributed by atoms with Gasteiger partial charge in [0.15, 0.2) is 5.78 Å². The van der Waals surface area contributed by atoms with Crippen LogP contribution in [0.15, 0.2) is 24.3 Å². The fraction of sp³-hybridized carbons (Fsp3) is 0.308. The molecule has 17 heavy (non-hydrogen) atoms. The SMILES string of the molecule is CC(=O)c1ccc(C2CC(=O)CC(=O)O2)cc1. The van der Waals surface area contributed by atoms with Crippen LogP contribution in [0.1, 0.15) is 41.8 Å². The van der Waals surface area contributed by atoms with Gasteiger partial charge in [0.1, 0.15) is 18.3 Å². The first kappa shape index (κ1) is 11.5. The van der Waals surface area contributed by atoms with E-state index >= 15 is 0 Å². The van der Waals surface area contributed by atoms with Crippen LogP contribution in [0.2, 0.25) is 0 Å². The number of rotatable bonds is 2. The van der Waals surface area contributed by atoms with Crippen LogP contribution in [0.4, 0.5) is 0 Å². The zero-order valence-corrected chi connectivity index (χ0v) is 9.43. The number of benzene rings is 1. The van der Waals surface area contributed by atoms with E-state index in [0.29, 0.717) is 5.56 Å². The zero-order chi connectivity index (χ0) is 12.4. The maximum absolute atomic E-state index is 11.3. The van der Waals surface area contributed by atoms with Crippen molar-refractivity contribution in [3.8, 4) is 0 Å². The van der Waals surface area contributed by atoms with E-state index in [1.807, 2.05) is 0 Å². The molecule has 0 radical (unpaired) electrons. The van der Waals surface area contributed by atoms with Crippen molar-refractivity contribution in [3.05, 3.63) is 35.4 Å². The summed E-state index contributed by atoms with van der Waals surface area (Å²) < 4.78 is 5.10. The summed E-state index contributed by atoms with van der Waals surface area (Å²) in [7, 11) is 0. The number of hydrogen-bond donors (Lipinski definition) is 0. The number of ether oxygens (including phenoxy) is 1. The van der Waals surface area contributed by atoms with Gasteiger partial charge in [-0.3, -0.25) is 14.4 Å². The molecule has 0 aliphatic carbocycles. The Hall–Kier alpha value is -1.97. The molecule has 2 rings (SSSR count). The van der Waals surface area contributed by atoms with E-state index in [-0.39, 0.29) is 24.4 Å². The Morgan fingerprint density at radius 2 is 1.88 bits per heavy atom. The van der Waals surface area contributed by atoms with Crippen molar-refractivity contribution in [2.24, 2.45) is 0 Å². The van der Waals surface area contributed by atoms with Gasteiger partial charge in [-0.15, -0.1) is 0 Å². The third kappa shape index (κ3) is 2.58. The predicted octanol–water partition coefficient (Wildman–Crippen LogP) is 1.84. The molecule has 4 nitrogen and oxygen atoms in total. The number of carbonyl (C=O) groups excluding carboxylic acids is 3. The highest BCUT2D eigenvalue weighted by Gasteiger charge is 2.27. The molecule has 0 amide bonds. The van der Waals surface area contributed by atoms with E-state index in [1.165, 1.54) is 6.92 Å². The maximum atomic E-state index is 11.3. The summed E-state index contributed by atoms with van der Waals surface area (Å²) in [5, 5.41) is 0. The third-order valence-electron chi connectivity index (χ3n) is 2.72.